The highest BCUT2D eigenvalue weighted by Gasteiger charge is 2.31. The third-order valence-corrected chi connectivity index (χ3v) is 3.35. The Kier molecular flexibility index (Phi) is 2.69. The van der Waals surface area contributed by atoms with Gasteiger partial charge in [0.05, 0.1) is 5.70 Å². The Hall–Kier alpha value is -2.39. The number of carbonyl (C=O) groups excluding carboxylic acids is 1. The molecule has 3 rings (SSSR count). The molecule has 19 heavy (non-hydrogen) atoms. The number of hydrogen-bond donors (Lipinski definition) is 1. The summed E-state index contributed by atoms with van der Waals surface area (Å²) in [7, 11) is 0. The first-order chi connectivity index (χ1) is 9.22. The molecule has 0 atom stereocenters. The molecular formula is C16H14N2O. The van der Waals surface area contributed by atoms with Crippen molar-refractivity contribution < 1.29 is 4.79 Å². The summed E-state index contributed by atoms with van der Waals surface area (Å²) in [6.07, 6.45) is 0. The van der Waals surface area contributed by atoms with Crippen molar-refractivity contribution in [3.8, 4) is 0 Å². The van der Waals surface area contributed by atoms with E-state index in [-0.39, 0.29) is 5.91 Å². The molecule has 1 aliphatic heterocycles. The average molecular weight is 250 g/mol. The van der Waals surface area contributed by atoms with E-state index in [0.29, 0.717) is 12.1 Å². The lowest BCUT2D eigenvalue weighted by atomic mass is 10.1. The van der Waals surface area contributed by atoms with E-state index in [1.807, 2.05) is 48.5 Å². The average Bonchev–Trinajstić information content (AvgIpc) is 2.72. The van der Waals surface area contributed by atoms with Crippen LogP contribution in [-0.4, -0.2) is 5.91 Å². The van der Waals surface area contributed by atoms with Gasteiger partial charge in [-0.05, 0) is 23.8 Å². The molecular weight excluding hydrogens is 236 g/mol. The van der Waals surface area contributed by atoms with Gasteiger partial charge in [-0.1, -0.05) is 36.9 Å². The molecule has 0 fully saturated rings. The lowest BCUT2D eigenvalue weighted by molar-refractivity contribution is 0.101. The Balaban J connectivity index is 2.08. The molecule has 3 nitrogen and oxygen atoms in total. The fraction of sp³-hybridized carbons (Fsp3) is 0.0625. The third-order valence-electron chi connectivity index (χ3n) is 3.35. The van der Waals surface area contributed by atoms with Crippen LogP contribution in [0.3, 0.4) is 0 Å². The van der Waals surface area contributed by atoms with Crippen LogP contribution in [-0.2, 0) is 6.54 Å². The van der Waals surface area contributed by atoms with Crippen LogP contribution in [0.15, 0.2) is 55.1 Å². The van der Waals surface area contributed by atoms with Crippen molar-refractivity contribution in [3.63, 3.8) is 0 Å². The predicted molar refractivity (Wildman–Crippen MR) is 76.6 cm³/mol. The van der Waals surface area contributed by atoms with Crippen LogP contribution in [0.25, 0.3) is 5.70 Å². The molecule has 0 aromatic heterocycles. The molecule has 94 valence electrons. The summed E-state index contributed by atoms with van der Waals surface area (Å²) in [5, 5.41) is 0. The van der Waals surface area contributed by atoms with Crippen molar-refractivity contribution >= 4 is 17.3 Å². The van der Waals surface area contributed by atoms with Crippen LogP contribution in [0.5, 0.6) is 0 Å². The van der Waals surface area contributed by atoms with Crippen LogP contribution in [0, 0.1) is 0 Å². The molecule has 0 saturated heterocycles. The van der Waals surface area contributed by atoms with Gasteiger partial charge in [-0.3, -0.25) is 9.69 Å². The van der Waals surface area contributed by atoms with E-state index in [9.17, 15) is 4.79 Å². The summed E-state index contributed by atoms with van der Waals surface area (Å²) in [6, 6.07) is 15.2. The fourth-order valence-electron chi connectivity index (χ4n) is 2.38. The summed E-state index contributed by atoms with van der Waals surface area (Å²) in [5.41, 5.74) is 9.76. The van der Waals surface area contributed by atoms with E-state index in [1.54, 1.807) is 4.90 Å². The Labute approximate surface area is 112 Å². The minimum absolute atomic E-state index is 0.0326. The van der Waals surface area contributed by atoms with Gasteiger partial charge in [-0.25, -0.2) is 0 Å². The number of rotatable bonds is 2. The van der Waals surface area contributed by atoms with Crippen molar-refractivity contribution in [2.45, 2.75) is 6.54 Å². The van der Waals surface area contributed by atoms with Crippen molar-refractivity contribution in [1.29, 1.82) is 0 Å². The first-order valence-corrected chi connectivity index (χ1v) is 6.14. The number of anilines is 1. The number of hydrogen-bond acceptors (Lipinski definition) is 2. The molecule has 1 amide bonds. The molecule has 0 radical (unpaired) electrons. The van der Waals surface area contributed by atoms with Crippen molar-refractivity contribution in [2.75, 3.05) is 4.90 Å². The number of nitrogens with zero attached hydrogens (tertiary/aromatic N) is 1. The van der Waals surface area contributed by atoms with Gasteiger partial charge >= 0.3 is 0 Å². The molecule has 1 heterocycles. The minimum atomic E-state index is -0.0326. The van der Waals surface area contributed by atoms with Gasteiger partial charge < -0.3 is 5.73 Å². The largest absolute Gasteiger partial charge is 0.326 e. The van der Waals surface area contributed by atoms with E-state index >= 15 is 0 Å². The van der Waals surface area contributed by atoms with Crippen molar-refractivity contribution in [3.05, 3.63) is 71.8 Å². The van der Waals surface area contributed by atoms with Crippen LogP contribution in [0.1, 0.15) is 21.5 Å². The van der Waals surface area contributed by atoms with Gasteiger partial charge in [-0.2, -0.15) is 0 Å². The summed E-state index contributed by atoms with van der Waals surface area (Å²) in [4.78, 5) is 14.1. The van der Waals surface area contributed by atoms with Gasteiger partial charge in [0.15, 0.2) is 0 Å². The van der Waals surface area contributed by atoms with E-state index in [4.69, 9.17) is 5.73 Å². The Morgan fingerprint density at radius 2 is 1.79 bits per heavy atom. The highest BCUT2D eigenvalue weighted by atomic mass is 16.2. The predicted octanol–water partition coefficient (Wildman–Crippen LogP) is 2.78. The zero-order chi connectivity index (χ0) is 13.4. The number of nitrogens with two attached hydrogens (primary N) is 1. The Morgan fingerprint density at radius 1 is 1.05 bits per heavy atom. The number of carbonyl (C=O) groups is 1. The van der Waals surface area contributed by atoms with Crippen LogP contribution in [0.4, 0.5) is 5.69 Å². The van der Waals surface area contributed by atoms with Gasteiger partial charge in [0.2, 0.25) is 0 Å². The van der Waals surface area contributed by atoms with E-state index in [0.717, 1.165) is 22.5 Å². The molecule has 2 N–H and O–H groups in total. The monoisotopic (exact) mass is 250 g/mol. The fourth-order valence-corrected chi connectivity index (χ4v) is 2.38. The number of amides is 1. The maximum atomic E-state index is 12.4. The van der Waals surface area contributed by atoms with Crippen LogP contribution < -0.4 is 10.6 Å². The Morgan fingerprint density at radius 3 is 2.47 bits per heavy atom. The third kappa shape index (κ3) is 1.75. The van der Waals surface area contributed by atoms with Crippen molar-refractivity contribution in [2.24, 2.45) is 5.73 Å². The second-order valence-corrected chi connectivity index (χ2v) is 4.51. The van der Waals surface area contributed by atoms with Gasteiger partial charge in [0, 0.05) is 23.4 Å². The summed E-state index contributed by atoms with van der Waals surface area (Å²) >= 11 is 0. The van der Waals surface area contributed by atoms with E-state index < -0.39 is 0 Å². The lowest BCUT2D eigenvalue weighted by Crippen LogP contribution is -2.22. The molecule has 0 bridgehead atoms. The SMILES string of the molecule is C=C1c2ccccc2C(=O)N1c1cccc(CN)c1. The number of fused-ring (bicyclic) bond motifs is 1. The molecule has 3 heteroatoms. The molecule has 2 aromatic rings. The van der Waals surface area contributed by atoms with Gasteiger partial charge in [0.25, 0.3) is 5.91 Å². The topological polar surface area (TPSA) is 46.3 Å². The molecule has 0 unspecified atom stereocenters. The van der Waals surface area contributed by atoms with E-state index in [2.05, 4.69) is 6.58 Å². The highest BCUT2D eigenvalue weighted by molar-refractivity contribution is 6.22. The lowest BCUT2D eigenvalue weighted by Gasteiger charge is -2.18. The van der Waals surface area contributed by atoms with E-state index in [1.165, 1.54) is 0 Å². The smallest absolute Gasteiger partial charge is 0.263 e. The second-order valence-electron chi connectivity index (χ2n) is 4.51. The number of benzene rings is 2. The molecule has 1 aliphatic rings. The van der Waals surface area contributed by atoms with Gasteiger partial charge in [0.1, 0.15) is 0 Å². The minimum Gasteiger partial charge on any atom is -0.326 e. The van der Waals surface area contributed by atoms with Crippen LogP contribution >= 0.6 is 0 Å². The highest BCUT2D eigenvalue weighted by Crippen LogP contribution is 2.35. The summed E-state index contributed by atoms with van der Waals surface area (Å²) in [5.74, 6) is -0.0326. The summed E-state index contributed by atoms with van der Waals surface area (Å²) < 4.78 is 0. The zero-order valence-electron chi connectivity index (χ0n) is 10.5. The first kappa shape index (κ1) is 11.7. The zero-order valence-corrected chi connectivity index (χ0v) is 10.5. The molecule has 2 aromatic carbocycles. The molecule has 0 aliphatic carbocycles. The van der Waals surface area contributed by atoms with Gasteiger partial charge in [-0.15, -0.1) is 0 Å². The standard InChI is InChI=1S/C16H14N2O/c1-11-14-7-2-3-8-15(14)16(19)18(11)13-6-4-5-12(9-13)10-17/h2-9H,1,10,17H2. The molecule has 0 spiro atoms. The normalized spacial score (nSPS) is 13.8. The summed E-state index contributed by atoms with van der Waals surface area (Å²) in [6.45, 7) is 4.49. The quantitative estimate of drug-likeness (QED) is 0.890. The first-order valence-electron chi connectivity index (χ1n) is 6.14. The second kappa shape index (κ2) is 4.37. The maximum absolute atomic E-state index is 12.4. The maximum Gasteiger partial charge on any atom is 0.263 e. The molecule has 0 saturated carbocycles. The van der Waals surface area contributed by atoms with Crippen LogP contribution in [0.2, 0.25) is 0 Å². The Bertz CT molecular complexity index is 641. The van der Waals surface area contributed by atoms with Crippen molar-refractivity contribution in [1.82, 2.24) is 0 Å².